The van der Waals surface area contributed by atoms with Crippen LogP contribution in [0, 0.1) is 0 Å². The highest BCUT2D eigenvalue weighted by Gasteiger charge is 2.39. The summed E-state index contributed by atoms with van der Waals surface area (Å²) in [4.78, 5) is 30.0. The van der Waals surface area contributed by atoms with Gasteiger partial charge in [-0.2, -0.15) is 10.1 Å². The van der Waals surface area contributed by atoms with E-state index in [1.807, 2.05) is 35.3 Å². The maximum Gasteiger partial charge on any atom is 0.262 e. The van der Waals surface area contributed by atoms with Crippen LogP contribution >= 0.6 is 11.8 Å². The minimum Gasteiger partial charge on any atom is -0.454 e. The van der Waals surface area contributed by atoms with Gasteiger partial charge in [0, 0.05) is 24.6 Å². The van der Waals surface area contributed by atoms with Gasteiger partial charge in [0.15, 0.2) is 16.7 Å². The Morgan fingerprint density at radius 2 is 1.84 bits per heavy atom. The van der Waals surface area contributed by atoms with Crippen molar-refractivity contribution >= 4 is 40.1 Å². The van der Waals surface area contributed by atoms with Crippen molar-refractivity contribution in [2.75, 3.05) is 12.1 Å². The zero-order chi connectivity index (χ0) is 26.1. The quantitative estimate of drug-likeness (QED) is 0.477. The highest BCUT2D eigenvalue weighted by molar-refractivity contribution is 8.15. The molecule has 0 aliphatic carbocycles. The minimum absolute atomic E-state index is 0.00387. The Bertz CT molecular complexity index is 1440. The molecule has 3 aliphatic rings. The van der Waals surface area contributed by atoms with Crippen LogP contribution in [0.4, 0.5) is 5.69 Å². The van der Waals surface area contributed by atoms with Gasteiger partial charge < -0.3 is 14.8 Å². The lowest BCUT2D eigenvalue weighted by atomic mass is 9.97. The van der Waals surface area contributed by atoms with Crippen LogP contribution in [0.2, 0.25) is 0 Å². The van der Waals surface area contributed by atoms with Crippen LogP contribution in [0.15, 0.2) is 82.9 Å². The molecule has 3 heterocycles. The standard InChI is InChI=1S/C29H26N4O4S/c1-2-18-8-10-20(11-9-18)23-15-22(19-6-4-3-5-7-19)32-33(23)29-31-28(35)26(38-29)16-27(34)30-21-12-13-24-25(14-21)37-17-36-24/h3-14,23,26H,2,15-17H2,1H3,(H,30,34)/t23-,26+/m0/s1. The van der Waals surface area contributed by atoms with Crippen LogP contribution < -0.4 is 14.8 Å². The van der Waals surface area contributed by atoms with Crippen molar-refractivity contribution < 1.29 is 19.1 Å². The Hall–Kier alpha value is -4.11. The molecule has 2 atom stereocenters. The van der Waals surface area contributed by atoms with Gasteiger partial charge in [-0.3, -0.25) is 9.59 Å². The predicted octanol–water partition coefficient (Wildman–Crippen LogP) is 5.16. The van der Waals surface area contributed by atoms with Gasteiger partial charge in [0.05, 0.1) is 11.8 Å². The fourth-order valence-corrected chi connectivity index (χ4v) is 5.75. The van der Waals surface area contributed by atoms with E-state index in [0.717, 1.165) is 23.3 Å². The number of aliphatic imine (C=N–C) groups is 1. The minimum atomic E-state index is -0.613. The second-order valence-electron chi connectivity index (χ2n) is 9.23. The van der Waals surface area contributed by atoms with E-state index < -0.39 is 5.25 Å². The predicted molar refractivity (Wildman–Crippen MR) is 148 cm³/mol. The molecule has 2 amide bonds. The van der Waals surface area contributed by atoms with Gasteiger partial charge in [0.1, 0.15) is 5.25 Å². The van der Waals surface area contributed by atoms with Crippen LogP contribution in [0.1, 0.15) is 42.5 Å². The smallest absolute Gasteiger partial charge is 0.262 e. The zero-order valence-corrected chi connectivity index (χ0v) is 21.6. The zero-order valence-electron chi connectivity index (χ0n) is 20.8. The van der Waals surface area contributed by atoms with Crippen LogP contribution in [0.25, 0.3) is 0 Å². The second kappa shape index (κ2) is 10.3. The van der Waals surface area contributed by atoms with E-state index in [1.165, 1.54) is 17.3 Å². The first kappa shape index (κ1) is 24.2. The molecule has 0 bridgehead atoms. The van der Waals surface area contributed by atoms with E-state index >= 15 is 0 Å². The molecule has 0 unspecified atom stereocenters. The van der Waals surface area contributed by atoms with Crippen molar-refractivity contribution in [1.82, 2.24) is 5.01 Å². The maximum atomic E-state index is 12.9. The van der Waals surface area contributed by atoms with E-state index in [4.69, 9.17) is 14.6 Å². The van der Waals surface area contributed by atoms with Gasteiger partial charge in [-0.25, -0.2) is 5.01 Å². The molecule has 3 aliphatic heterocycles. The lowest BCUT2D eigenvalue weighted by Gasteiger charge is -2.23. The fraction of sp³-hybridized carbons (Fsp3) is 0.241. The number of hydrazone groups is 1. The lowest BCUT2D eigenvalue weighted by molar-refractivity contribution is -0.121. The van der Waals surface area contributed by atoms with Gasteiger partial charge in [0.2, 0.25) is 12.7 Å². The molecule has 0 radical (unpaired) electrons. The van der Waals surface area contributed by atoms with Gasteiger partial charge in [-0.1, -0.05) is 73.3 Å². The normalized spacial score (nSPS) is 19.9. The molecule has 8 nitrogen and oxygen atoms in total. The summed E-state index contributed by atoms with van der Waals surface area (Å²) in [7, 11) is 0. The third kappa shape index (κ3) is 4.89. The summed E-state index contributed by atoms with van der Waals surface area (Å²) in [6, 6.07) is 23.7. The number of thioether (sulfide) groups is 1. The Morgan fingerprint density at radius 3 is 2.63 bits per heavy atom. The van der Waals surface area contributed by atoms with Crippen molar-refractivity contribution in [3.63, 3.8) is 0 Å². The van der Waals surface area contributed by atoms with Crippen LogP contribution in [-0.2, 0) is 16.0 Å². The van der Waals surface area contributed by atoms with Crippen molar-refractivity contribution in [3.8, 4) is 11.5 Å². The summed E-state index contributed by atoms with van der Waals surface area (Å²) in [5.74, 6) is 0.628. The number of nitrogens with one attached hydrogen (secondary N) is 1. The second-order valence-corrected chi connectivity index (χ2v) is 10.4. The average Bonchev–Trinajstić information content (AvgIpc) is 3.68. The van der Waals surface area contributed by atoms with Gasteiger partial charge >= 0.3 is 0 Å². The van der Waals surface area contributed by atoms with Crippen LogP contribution in [0.3, 0.4) is 0 Å². The fourth-order valence-electron chi connectivity index (χ4n) is 4.69. The molecule has 0 saturated carbocycles. The number of aryl methyl sites for hydroxylation is 1. The summed E-state index contributed by atoms with van der Waals surface area (Å²) in [5, 5.41) is 9.51. The average molecular weight is 527 g/mol. The third-order valence-corrected chi connectivity index (χ3v) is 7.88. The Morgan fingerprint density at radius 1 is 1.05 bits per heavy atom. The topological polar surface area (TPSA) is 92.6 Å². The highest BCUT2D eigenvalue weighted by atomic mass is 32.2. The summed E-state index contributed by atoms with van der Waals surface area (Å²) in [5.41, 5.74) is 4.94. The molecular weight excluding hydrogens is 500 g/mol. The molecule has 0 saturated heterocycles. The first-order valence-corrected chi connectivity index (χ1v) is 13.4. The molecule has 0 fully saturated rings. The summed E-state index contributed by atoms with van der Waals surface area (Å²) in [6.45, 7) is 2.29. The molecule has 192 valence electrons. The number of carbonyl (C=O) groups is 2. The number of carbonyl (C=O) groups excluding carboxylic acids is 2. The first-order valence-electron chi connectivity index (χ1n) is 12.6. The summed E-state index contributed by atoms with van der Waals surface area (Å²) in [6.07, 6.45) is 1.66. The van der Waals surface area contributed by atoms with Crippen molar-refractivity contribution in [3.05, 3.63) is 89.5 Å². The molecular formula is C29H26N4O4S. The molecule has 3 aromatic carbocycles. The number of fused-ring (bicyclic) bond motifs is 1. The van der Waals surface area contributed by atoms with Crippen molar-refractivity contribution in [1.29, 1.82) is 0 Å². The molecule has 3 aromatic rings. The number of hydrogen-bond donors (Lipinski definition) is 1. The largest absolute Gasteiger partial charge is 0.454 e. The number of rotatable bonds is 6. The first-order chi connectivity index (χ1) is 18.6. The van der Waals surface area contributed by atoms with Gasteiger partial charge in [0.25, 0.3) is 5.91 Å². The van der Waals surface area contributed by atoms with Crippen LogP contribution in [-0.4, -0.2) is 39.7 Å². The SMILES string of the molecule is CCc1ccc([C@@H]2CC(c3ccccc3)=NN2C2=NC(=O)[C@@H](CC(=O)Nc3ccc4c(c3)OCO4)S2)cc1. The number of ether oxygens (including phenoxy) is 2. The van der Waals surface area contributed by atoms with E-state index in [0.29, 0.717) is 28.8 Å². The third-order valence-electron chi connectivity index (χ3n) is 6.74. The number of nitrogens with zero attached hydrogens (tertiary/aromatic N) is 3. The van der Waals surface area contributed by atoms with Gasteiger partial charge in [-0.05, 0) is 35.2 Å². The van der Waals surface area contributed by atoms with Crippen molar-refractivity contribution in [2.24, 2.45) is 10.1 Å². The monoisotopic (exact) mass is 526 g/mol. The highest BCUT2D eigenvalue weighted by Crippen LogP contribution is 2.39. The molecule has 9 heteroatoms. The molecule has 6 rings (SSSR count). The van der Waals surface area contributed by atoms with Crippen LogP contribution in [0.5, 0.6) is 11.5 Å². The Kier molecular flexibility index (Phi) is 6.59. The molecule has 38 heavy (non-hydrogen) atoms. The Balaban J connectivity index is 1.18. The maximum absolute atomic E-state index is 12.9. The number of amides is 2. The van der Waals surface area contributed by atoms with E-state index in [2.05, 4.69) is 41.5 Å². The molecule has 0 spiro atoms. The van der Waals surface area contributed by atoms with Crippen molar-refractivity contribution in [2.45, 2.75) is 37.5 Å². The number of benzene rings is 3. The lowest BCUT2D eigenvalue weighted by Crippen LogP contribution is -2.25. The van der Waals surface area contributed by atoms with Gasteiger partial charge in [-0.15, -0.1) is 0 Å². The summed E-state index contributed by atoms with van der Waals surface area (Å²) >= 11 is 1.29. The van der Waals surface area contributed by atoms with E-state index in [-0.39, 0.29) is 31.1 Å². The number of amidine groups is 1. The number of anilines is 1. The molecule has 1 N–H and O–H groups in total. The van der Waals surface area contributed by atoms with E-state index in [9.17, 15) is 9.59 Å². The summed E-state index contributed by atoms with van der Waals surface area (Å²) < 4.78 is 10.7. The Labute approximate surface area is 224 Å². The number of hydrogen-bond acceptors (Lipinski definition) is 7. The van der Waals surface area contributed by atoms with E-state index in [1.54, 1.807) is 18.2 Å². The molecule has 0 aromatic heterocycles.